The molecule has 1 N–H and O–H groups in total. The topological polar surface area (TPSA) is 51.2 Å². The number of carbonyl (C=O) groups is 1. The van der Waals surface area contributed by atoms with Gasteiger partial charge in [0.05, 0.1) is 12.3 Å². The number of carbonyl (C=O) groups excluding carboxylic acids is 1. The molecule has 1 aromatic heterocycles. The number of nitrogens with one attached hydrogen (secondary N) is 1. The molecule has 126 valence electrons. The van der Waals surface area contributed by atoms with E-state index in [1.165, 1.54) is 16.9 Å². The number of ether oxygens (including phenoxy) is 1. The smallest absolute Gasteiger partial charge is 0.257 e. The minimum Gasteiger partial charge on any atom is -0.493 e. The van der Waals surface area contributed by atoms with Gasteiger partial charge in [-0.1, -0.05) is 12.1 Å². The Hall–Kier alpha value is -2.66. The van der Waals surface area contributed by atoms with Crippen LogP contribution < -0.4 is 10.1 Å². The summed E-state index contributed by atoms with van der Waals surface area (Å²) < 4.78 is 5.54. The Bertz CT molecular complexity index is 962. The number of aromatic nitrogens is 1. The average Bonchev–Trinajstić information content (AvgIpc) is 3.25. The van der Waals surface area contributed by atoms with Crippen LogP contribution in [0.4, 0.5) is 5.13 Å². The second kappa shape index (κ2) is 6.33. The van der Waals surface area contributed by atoms with Crippen LogP contribution in [0.3, 0.4) is 0 Å². The first kappa shape index (κ1) is 15.8. The van der Waals surface area contributed by atoms with Crippen molar-refractivity contribution >= 4 is 22.4 Å². The number of aryl methyl sites for hydroxylation is 1. The minimum absolute atomic E-state index is 0.121. The lowest BCUT2D eigenvalue weighted by atomic mass is 10.0. The molecule has 4 rings (SSSR count). The molecule has 0 saturated carbocycles. The molecule has 1 aliphatic heterocycles. The van der Waals surface area contributed by atoms with Crippen molar-refractivity contribution < 1.29 is 9.53 Å². The van der Waals surface area contributed by atoms with E-state index in [9.17, 15) is 4.79 Å². The first-order valence-corrected chi connectivity index (χ1v) is 9.09. The molecule has 4 nitrogen and oxygen atoms in total. The number of hydrogen-bond donors (Lipinski definition) is 1. The van der Waals surface area contributed by atoms with Crippen molar-refractivity contribution in [2.45, 2.75) is 20.3 Å². The zero-order chi connectivity index (χ0) is 17.4. The molecule has 0 atom stereocenters. The van der Waals surface area contributed by atoms with Gasteiger partial charge in [0, 0.05) is 22.9 Å². The summed E-state index contributed by atoms with van der Waals surface area (Å²) in [6.07, 6.45) is 0.934. The molecule has 1 amide bonds. The minimum atomic E-state index is -0.121. The van der Waals surface area contributed by atoms with Gasteiger partial charge in [0.15, 0.2) is 5.13 Å². The summed E-state index contributed by atoms with van der Waals surface area (Å²) in [7, 11) is 0. The molecule has 3 aromatic rings. The molecule has 5 heteroatoms. The monoisotopic (exact) mass is 350 g/mol. The lowest BCUT2D eigenvalue weighted by molar-refractivity contribution is 0.102. The fraction of sp³-hybridized carbons (Fsp3) is 0.200. The lowest BCUT2D eigenvalue weighted by Gasteiger charge is -2.07. The molecular formula is C20H18N2O2S. The third-order valence-electron chi connectivity index (χ3n) is 4.56. The van der Waals surface area contributed by atoms with Crippen LogP contribution in [0, 0.1) is 13.8 Å². The van der Waals surface area contributed by atoms with Gasteiger partial charge in [-0.2, -0.15) is 0 Å². The number of amides is 1. The van der Waals surface area contributed by atoms with E-state index < -0.39 is 0 Å². The zero-order valence-electron chi connectivity index (χ0n) is 14.1. The molecule has 2 heterocycles. The van der Waals surface area contributed by atoms with Crippen molar-refractivity contribution in [3.05, 3.63) is 64.0 Å². The summed E-state index contributed by atoms with van der Waals surface area (Å²) in [6, 6.07) is 11.9. The van der Waals surface area contributed by atoms with Crippen LogP contribution in [0.1, 0.15) is 27.0 Å². The van der Waals surface area contributed by atoms with Crippen LogP contribution in [0.5, 0.6) is 5.75 Å². The van der Waals surface area contributed by atoms with Gasteiger partial charge in [-0.3, -0.25) is 10.1 Å². The van der Waals surface area contributed by atoms with E-state index >= 15 is 0 Å². The van der Waals surface area contributed by atoms with Gasteiger partial charge in [0.1, 0.15) is 5.75 Å². The number of benzene rings is 2. The van der Waals surface area contributed by atoms with Crippen molar-refractivity contribution in [2.24, 2.45) is 0 Å². The van der Waals surface area contributed by atoms with Gasteiger partial charge < -0.3 is 4.74 Å². The highest BCUT2D eigenvalue weighted by Crippen LogP contribution is 2.32. The fourth-order valence-electron chi connectivity index (χ4n) is 2.97. The molecule has 0 saturated heterocycles. The van der Waals surface area contributed by atoms with Crippen LogP contribution in [0.15, 0.2) is 41.8 Å². The van der Waals surface area contributed by atoms with Crippen molar-refractivity contribution in [3.8, 4) is 17.0 Å². The van der Waals surface area contributed by atoms with E-state index in [1.807, 2.05) is 49.6 Å². The van der Waals surface area contributed by atoms with Gasteiger partial charge in [0.2, 0.25) is 0 Å². The van der Waals surface area contributed by atoms with Gasteiger partial charge in [-0.25, -0.2) is 4.98 Å². The molecule has 0 radical (unpaired) electrons. The predicted octanol–water partition coefficient (Wildman–Crippen LogP) is 4.61. The normalized spacial score (nSPS) is 12.6. The highest BCUT2D eigenvalue weighted by molar-refractivity contribution is 7.14. The Morgan fingerprint density at radius 1 is 1.24 bits per heavy atom. The Morgan fingerprint density at radius 2 is 2.12 bits per heavy atom. The van der Waals surface area contributed by atoms with Crippen molar-refractivity contribution in [2.75, 3.05) is 11.9 Å². The summed E-state index contributed by atoms with van der Waals surface area (Å²) in [6.45, 7) is 4.71. The summed E-state index contributed by atoms with van der Waals surface area (Å²) in [5.41, 5.74) is 5.92. The van der Waals surface area contributed by atoms with Crippen LogP contribution >= 0.6 is 11.3 Å². The van der Waals surface area contributed by atoms with Crippen molar-refractivity contribution in [1.29, 1.82) is 0 Å². The number of rotatable bonds is 3. The van der Waals surface area contributed by atoms with Crippen LogP contribution in [-0.4, -0.2) is 17.5 Å². The molecule has 2 aromatic carbocycles. The van der Waals surface area contributed by atoms with Gasteiger partial charge in [-0.15, -0.1) is 11.3 Å². The number of hydrogen-bond acceptors (Lipinski definition) is 4. The maximum absolute atomic E-state index is 12.5. The second-order valence-corrected chi connectivity index (χ2v) is 7.02. The molecular weight excluding hydrogens is 332 g/mol. The summed E-state index contributed by atoms with van der Waals surface area (Å²) >= 11 is 1.44. The van der Waals surface area contributed by atoms with E-state index in [4.69, 9.17) is 4.74 Å². The third-order valence-corrected chi connectivity index (χ3v) is 5.32. The van der Waals surface area contributed by atoms with Crippen LogP contribution in [0.25, 0.3) is 11.3 Å². The third kappa shape index (κ3) is 3.03. The molecule has 0 fully saturated rings. The van der Waals surface area contributed by atoms with E-state index in [2.05, 4.69) is 16.4 Å². The number of fused-ring (bicyclic) bond motifs is 1. The maximum atomic E-state index is 12.5. The first-order chi connectivity index (χ1) is 12.1. The highest BCUT2D eigenvalue weighted by Gasteiger charge is 2.15. The quantitative estimate of drug-likeness (QED) is 0.750. The maximum Gasteiger partial charge on any atom is 0.257 e. The molecule has 25 heavy (non-hydrogen) atoms. The Labute approximate surface area is 150 Å². The van der Waals surface area contributed by atoms with E-state index in [-0.39, 0.29) is 5.91 Å². The van der Waals surface area contributed by atoms with Gasteiger partial charge in [-0.05, 0) is 54.8 Å². The second-order valence-electron chi connectivity index (χ2n) is 6.16. The van der Waals surface area contributed by atoms with Crippen LogP contribution in [-0.2, 0) is 6.42 Å². The Morgan fingerprint density at radius 3 is 3.00 bits per heavy atom. The molecule has 0 spiro atoms. The highest BCUT2D eigenvalue weighted by atomic mass is 32.1. The van der Waals surface area contributed by atoms with E-state index in [1.54, 1.807) is 0 Å². The Kier molecular flexibility index (Phi) is 4.01. The fourth-order valence-corrected chi connectivity index (χ4v) is 3.69. The largest absolute Gasteiger partial charge is 0.493 e. The average molecular weight is 350 g/mol. The Balaban J connectivity index is 1.55. The molecule has 0 unspecified atom stereocenters. The number of nitrogens with zero attached hydrogens (tertiary/aromatic N) is 1. The first-order valence-electron chi connectivity index (χ1n) is 8.21. The molecule has 0 bridgehead atoms. The van der Waals surface area contributed by atoms with Crippen molar-refractivity contribution in [1.82, 2.24) is 4.98 Å². The van der Waals surface area contributed by atoms with Gasteiger partial charge in [0.25, 0.3) is 5.91 Å². The van der Waals surface area contributed by atoms with E-state index in [0.29, 0.717) is 10.7 Å². The zero-order valence-corrected chi connectivity index (χ0v) is 14.9. The lowest BCUT2D eigenvalue weighted by Crippen LogP contribution is -2.13. The molecule has 0 aliphatic carbocycles. The van der Waals surface area contributed by atoms with E-state index in [0.717, 1.165) is 41.2 Å². The summed E-state index contributed by atoms with van der Waals surface area (Å²) in [5, 5.41) is 5.49. The predicted molar refractivity (Wildman–Crippen MR) is 101 cm³/mol. The van der Waals surface area contributed by atoms with Crippen molar-refractivity contribution in [3.63, 3.8) is 0 Å². The standard InChI is InChI=1S/C20H18N2O2S/c1-12-4-3-5-16(13(12)2)19(23)22-20-21-17(11-25-20)14-6-7-18-15(10-14)8-9-24-18/h3-7,10-11H,8-9H2,1-2H3,(H,21,22,23). The van der Waals surface area contributed by atoms with Crippen LogP contribution in [0.2, 0.25) is 0 Å². The number of thiazole rings is 1. The van der Waals surface area contributed by atoms with Gasteiger partial charge >= 0.3 is 0 Å². The number of anilines is 1. The molecule has 1 aliphatic rings. The summed E-state index contributed by atoms with van der Waals surface area (Å²) in [5.74, 6) is 0.840. The SMILES string of the molecule is Cc1cccc(C(=O)Nc2nc(-c3ccc4c(c3)CCO4)cs2)c1C. The summed E-state index contributed by atoms with van der Waals surface area (Å²) in [4.78, 5) is 17.1.